The molecule has 1 aliphatic rings. The van der Waals surface area contributed by atoms with Crippen molar-refractivity contribution in [3.8, 4) is 0 Å². The lowest BCUT2D eigenvalue weighted by molar-refractivity contribution is 0.348. The Kier molecular flexibility index (Phi) is 5.44. The molecule has 4 aromatic rings. The van der Waals surface area contributed by atoms with E-state index in [0.29, 0.717) is 11.3 Å². The number of hydrazine groups is 1. The number of sulfonamides is 1. The van der Waals surface area contributed by atoms with E-state index in [1.165, 1.54) is 4.41 Å². The Hall–Kier alpha value is -3.19. The third-order valence-electron chi connectivity index (χ3n) is 5.82. The summed E-state index contributed by atoms with van der Waals surface area (Å²) in [5.74, 6) is 0. The molecule has 0 saturated carbocycles. The number of hydrogen-bond donors (Lipinski definition) is 1. The predicted molar refractivity (Wildman–Crippen MR) is 132 cm³/mol. The lowest BCUT2D eigenvalue weighted by atomic mass is 10.0. The van der Waals surface area contributed by atoms with Crippen molar-refractivity contribution < 1.29 is 8.42 Å². The van der Waals surface area contributed by atoms with Crippen LogP contribution in [0.25, 0.3) is 16.6 Å². The maximum absolute atomic E-state index is 13.6. The van der Waals surface area contributed by atoms with Crippen LogP contribution in [0.4, 0.5) is 0 Å². The van der Waals surface area contributed by atoms with E-state index in [1.54, 1.807) is 30.3 Å². The van der Waals surface area contributed by atoms with Gasteiger partial charge in [0.05, 0.1) is 22.2 Å². The van der Waals surface area contributed by atoms with E-state index >= 15 is 0 Å². The van der Waals surface area contributed by atoms with E-state index in [9.17, 15) is 8.42 Å². The quantitative estimate of drug-likeness (QED) is 0.379. The van der Waals surface area contributed by atoms with Crippen LogP contribution in [0.3, 0.4) is 0 Å². The van der Waals surface area contributed by atoms with Gasteiger partial charge in [0.2, 0.25) is 0 Å². The summed E-state index contributed by atoms with van der Waals surface area (Å²) in [5.41, 5.74) is 8.25. The highest BCUT2D eigenvalue weighted by atomic mass is 35.5. The summed E-state index contributed by atoms with van der Waals surface area (Å²) in [5, 5.41) is 1.18. The van der Waals surface area contributed by atoms with E-state index < -0.39 is 16.1 Å². The molecule has 2 heterocycles. The van der Waals surface area contributed by atoms with Crippen molar-refractivity contribution in [2.75, 3.05) is 0 Å². The van der Waals surface area contributed by atoms with Gasteiger partial charge < -0.3 is 5.43 Å². The molecule has 7 heteroatoms. The van der Waals surface area contributed by atoms with Gasteiger partial charge in [-0.25, -0.2) is 13.4 Å². The molecular weight excluding hydrogens is 454 g/mol. The lowest BCUT2D eigenvalue weighted by Crippen LogP contribution is -2.39. The highest BCUT2D eigenvalue weighted by Gasteiger charge is 2.38. The van der Waals surface area contributed by atoms with E-state index in [0.717, 1.165) is 27.6 Å². The third-order valence-corrected chi connectivity index (χ3v) is 7.82. The Labute approximate surface area is 198 Å². The number of nitrogens with zero attached hydrogens (tertiary/aromatic N) is 2. The molecule has 0 aliphatic carbocycles. The second kappa shape index (κ2) is 8.30. The summed E-state index contributed by atoms with van der Waals surface area (Å²) in [6.45, 7) is 3.99. The van der Waals surface area contributed by atoms with Crippen molar-refractivity contribution in [1.82, 2.24) is 14.8 Å². The summed E-state index contributed by atoms with van der Waals surface area (Å²) < 4.78 is 28.6. The molecular formula is C26H22ClN3O2S. The normalized spacial score (nSPS) is 16.6. The third kappa shape index (κ3) is 3.91. The van der Waals surface area contributed by atoms with Crippen molar-refractivity contribution >= 4 is 38.2 Å². The molecule has 0 spiro atoms. The average molecular weight is 476 g/mol. The molecule has 1 aliphatic heterocycles. The number of aryl methyl sites for hydroxylation is 2. The highest BCUT2D eigenvalue weighted by Crippen LogP contribution is 2.39. The molecule has 0 bridgehead atoms. The molecule has 0 fully saturated rings. The summed E-state index contributed by atoms with van der Waals surface area (Å²) >= 11 is 6.64. The molecule has 3 aromatic carbocycles. The van der Waals surface area contributed by atoms with Gasteiger partial charge in [0.15, 0.2) is 0 Å². The van der Waals surface area contributed by atoms with Gasteiger partial charge in [0, 0.05) is 10.9 Å². The second-order valence-electron chi connectivity index (χ2n) is 8.13. The summed E-state index contributed by atoms with van der Waals surface area (Å²) in [6, 6.07) is 23.4. The van der Waals surface area contributed by atoms with Crippen LogP contribution in [-0.4, -0.2) is 17.8 Å². The van der Waals surface area contributed by atoms with Crippen LogP contribution in [0.5, 0.6) is 0 Å². The molecule has 1 atom stereocenters. The fourth-order valence-electron chi connectivity index (χ4n) is 4.02. The van der Waals surface area contributed by atoms with Gasteiger partial charge in [-0.3, -0.25) is 0 Å². The fourth-order valence-corrected chi connectivity index (χ4v) is 5.70. The number of benzene rings is 3. The van der Waals surface area contributed by atoms with Crippen LogP contribution in [0, 0.1) is 13.8 Å². The van der Waals surface area contributed by atoms with Crippen LogP contribution < -0.4 is 5.43 Å². The van der Waals surface area contributed by atoms with Crippen molar-refractivity contribution in [1.29, 1.82) is 0 Å². The van der Waals surface area contributed by atoms with Crippen molar-refractivity contribution in [3.63, 3.8) is 0 Å². The van der Waals surface area contributed by atoms with Gasteiger partial charge >= 0.3 is 0 Å². The molecule has 5 nitrogen and oxygen atoms in total. The standard InChI is InChI=1S/C26H22ClN3O2S/c1-17-11-13-19(14-12-17)23-16-24(30(29-23)33(31,32)21-9-4-3-5-10-21)22-15-20-8-6-7-18(2)25(20)28-26(22)27/h3-16,24,29H,1-2H3/t24-/m1/s1. The largest absolute Gasteiger partial charge is 0.304 e. The molecule has 166 valence electrons. The molecule has 1 N–H and O–H groups in total. The zero-order valence-electron chi connectivity index (χ0n) is 18.2. The molecule has 0 amide bonds. The first-order valence-corrected chi connectivity index (χ1v) is 12.4. The number of para-hydroxylation sites is 1. The Morgan fingerprint density at radius 1 is 0.939 bits per heavy atom. The van der Waals surface area contributed by atoms with E-state index in [-0.39, 0.29) is 10.0 Å². The number of fused-ring (bicyclic) bond motifs is 1. The number of nitrogens with one attached hydrogen (secondary N) is 1. The number of pyridine rings is 1. The van der Waals surface area contributed by atoms with Crippen LogP contribution in [-0.2, 0) is 10.0 Å². The zero-order valence-corrected chi connectivity index (χ0v) is 19.7. The first-order chi connectivity index (χ1) is 15.8. The average Bonchev–Trinajstić information content (AvgIpc) is 3.26. The van der Waals surface area contributed by atoms with Gasteiger partial charge in [0.25, 0.3) is 10.0 Å². The molecule has 5 rings (SSSR count). The zero-order chi connectivity index (χ0) is 23.2. The van der Waals surface area contributed by atoms with Crippen LogP contribution >= 0.6 is 11.6 Å². The van der Waals surface area contributed by atoms with Gasteiger partial charge in [-0.2, -0.15) is 0 Å². The number of aromatic nitrogens is 1. The predicted octanol–water partition coefficient (Wildman–Crippen LogP) is 5.80. The minimum atomic E-state index is -3.88. The Morgan fingerprint density at radius 3 is 2.39 bits per heavy atom. The van der Waals surface area contributed by atoms with Crippen LogP contribution in [0.2, 0.25) is 5.15 Å². The minimum absolute atomic E-state index is 0.196. The summed E-state index contributed by atoms with van der Waals surface area (Å²) in [4.78, 5) is 4.80. The Balaban J connectivity index is 1.67. The maximum atomic E-state index is 13.6. The van der Waals surface area contributed by atoms with Crippen LogP contribution in [0.15, 0.2) is 89.8 Å². The molecule has 33 heavy (non-hydrogen) atoms. The van der Waals surface area contributed by atoms with Gasteiger partial charge in [-0.15, -0.1) is 4.41 Å². The van der Waals surface area contributed by atoms with Crippen LogP contribution in [0.1, 0.15) is 28.3 Å². The maximum Gasteiger partial charge on any atom is 0.260 e. The summed E-state index contributed by atoms with van der Waals surface area (Å²) in [6.07, 6.45) is 1.88. The topological polar surface area (TPSA) is 62.3 Å². The second-order valence-corrected chi connectivity index (χ2v) is 10.3. The Bertz CT molecular complexity index is 1480. The highest BCUT2D eigenvalue weighted by molar-refractivity contribution is 7.89. The van der Waals surface area contributed by atoms with Crippen molar-refractivity contribution in [2.24, 2.45) is 0 Å². The minimum Gasteiger partial charge on any atom is -0.304 e. The molecule has 0 radical (unpaired) electrons. The van der Waals surface area contributed by atoms with Gasteiger partial charge in [0.1, 0.15) is 5.15 Å². The Morgan fingerprint density at radius 2 is 1.67 bits per heavy atom. The van der Waals surface area contributed by atoms with Crippen molar-refractivity contribution in [2.45, 2.75) is 24.8 Å². The van der Waals surface area contributed by atoms with E-state index in [4.69, 9.17) is 11.6 Å². The molecule has 1 aromatic heterocycles. The molecule has 0 saturated heterocycles. The molecule has 0 unspecified atom stereocenters. The van der Waals surface area contributed by atoms with Gasteiger partial charge in [-0.05, 0) is 49.2 Å². The SMILES string of the molecule is Cc1ccc(C2=C[C@H](c3cc4cccc(C)c4nc3Cl)N(S(=O)(=O)c3ccccc3)N2)cc1. The first-order valence-electron chi connectivity index (χ1n) is 10.6. The van der Waals surface area contributed by atoms with Crippen molar-refractivity contribution in [3.05, 3.63) is 112 Å². The lowest BCUT2D eigenvalue weighted by Gasteiger charge is -2.25. The van der Waals surface area contributed by atoms with E-state index in [2.05, 4.69) is 10.4 Å². The monoisotopic (exact) mass is 475 g/mol. The van der Waals surface area contributed by atoms with E-state index in [1.807, 2.05) is 68.5 Å². The number of halogens is 1. The number of rotatable bonds is 4. The number of hydrogen-bond acceptors (Lipinski definition) is 4. The fraction of sp³-hybridized carbons (Fsp3) is 0.115. The smallest absolute Gasteiger partial charge is 0.260 e. The van der Waals surface area contributed by atoms with Gasteiger partial charge in [-0.1, -0.05) is 77.8 Å². The summed E-state index contributed by atoms with van der Waals surface area (Å²) in [7, 11) is -3.88. The first kappa shape index (κ1) is 21.6.